The lowest BCUT2D eigenvalue weighted by Crippen LogP contribution is -2.61. The van der Waals surface area contributed by atoms with Gasteiger partial charge in [0.2, 0.25) is 5.91 Å². The van der Waals surface area contributed by atoms with E-state index >= 15 is 0 Å². The molecule has 3 rings (SSSR count). The molecule has 0 bridgehead atoms. The second kappa shape index (κ2) is 4.24. The summed E-state index contributed by atoms with van der Waals surface area (Å²) in [6, 6.07) is 4.78. The maximum Gasteiger partial charge on any atom is 0.241 e. The smallest absolute Gasteiger partial charge is 0.241 e. The minimum Gasteiger partial charge on any atom is -0.368 e. The van der Waals surface area contributed by atoms with Gasteiger partial charge in [0.1, 0.15) is 5.82 Å². The summed E-state index contributed by atoms with van der Waals surface area (Å²) in [6.07, 6.45) is 0. The van der Waals surface area contributed by atoms with E-state index in [-0.39, 0.29) is 17.8 Å². The van der Waals surface area contributed by atoms with Crippen LogP contribution in [-0.2, 0) is 4.79 Å². The number of fused-ring (bicyclic) bond motifs is 3. The number of amides is 1. The van der Waals surface area contributed by atoms with E-state index in [0.29, 0.717) is 12.2 Å². The van der Waals surface area contributed by atoms with Crippen LogP contribution in [0.15, 0.2) is 18.2 Å². The Bertz CT molecular complexity index is 491. The molecule has 2 aliphatic rings. The van der Waals surface area contributed by atoms with Crippen molar-refractivity contribution < 1.29 is 9.18 Å². The van der Waals surface area contributed by atoms with Crippen molar-refractivity contribution in [2.75, 3.05) is 36.0 Å². The third-order valence-electron chi connectivity index (χ3n) is 3.64. The van der Waals surface area contributed by atoms with Gasteiger partial charge in [-0.05, 0) is 25.1 Å². The molecular formula is C13H16FN3O. The Hall–Kier alpha value is -1.62. The number of nitrogens with one attached hydrogen (secondary N) is 1. The number of halogens is 1. The van der Waals surface area contributed by atoms with E-state index in [2.05, 4.69) is 17.1 Å². The summed E-state index contributed by atoms with van der Waals surface area (Å²) in [4.78, 5) is 16.0. The molecule has 0 aromatic heterocycles. The first-order valence-corrected chi connectivity index (χ1v) is 6.28. The van der Waals surface area contributed by atoms with Gasteiger partial charge < -0.3 is 15.1 Å². The van der Waals surface area contributed by atoms with Crippen LogP contribution in [0.25, 0.3) is 0 Å². The SMILES string of the molecule is CCN1CC2CNCC(=O)N2c2cc(F)ccc21. The van der Waals surface area contributed by atoms with Gasteiger partial charge in [-0.2, -0.15) is 0 Å². The minimum absolute atomic E-state index is 0.0221. The molecule has 1 atom stereocenters. The van der Waals surface area contributed by atoms with Gasteiger partial charge in [0.25, 0.3) is 0 Å². The van der Waals surface area contributed by atoms with Gasteiger partial charge in [-0.25, -0.2) is 4.39 Å². The molecule has 0 spiro atoms. The van der Waals surface area contributed by atoms with Crippen molar-refractivity contribution >= 4 is 17.3 Å². The summed E-state index contributed by atoms with van der Waals surface area (Å²) in [5, 5.41) is 3.11. The molecule has 4 nitrogen and oxygen atoms in total. The van der Waals surface area contributed by atoms with Crippen molar-refractivity contribution in [3.63, 3.8) is 0 Å². The van der Waals surface area contributed by atoms with Crippen LogP contribution in [0.4, 0.5) is 15.8 Å². The van der Waals surface area contributed by atoms with Crippen LogP contribution < -0.4 is 15.1 Å². The third kappa shape index (κ3) is 1.66. The predicted molar refractivity (Wildman–Crippen MR) is 68.4 cm³/mol. The highest BCUT2D eigenvalue weighted by Gasteiger charge is 2.36. The predicted octanol–water partition coefficient (Wildman–Crippen LogP) is 0.970. The lowest BCUT2D eigenvalue weighted by molar-refractivity contribution is -0.119. The Morgan fingerprint density at radius 2 is 2.28 bits per heavy atom. The van der Waals surface area contributed by atoms with Crippen molar-refractivity contribution in [2.45, 2.75) is 13.0 Å². The average Bonchev–Trinajstić information content (AvgIpc) is 2.37. The molecule has 1 N–H and O–H groups in total. The number of anilines is 2. The maximum atomic E-state index is 13.4. The average molecular weight is 249 g/mol. The molecule has 2 aliphatic heterocycles. The van der Waals surface area contributed by atoms with Gasteiger partial charge in [0.15, 0.2) is 0 Å². The summed E-state index contributed by atoms with van der Waals surface area (Å²) in [6.45, 7) is 4.82. The second-order valence-corrected chi connectivity index (χ2v) is 4.72. The normalized spacial score (nSPS) is 22.8. The molecule has 1 aromatic rings. The number of hydrogen-bond acceptors (Lipinski definition) is 3. The molecule has 0 radical (unpaired) electrons. The Morgan fingerprint density at radius 3 is 3.06 bits per heavy atom. The Kier molecular flexibility index (Phi) is 2.70. The first kappa shape index (κ1) is 11.5. The van der Waals surface area contributed by atoms with Crippen LogP contribution in [0.5, 0.6) is 0 Å². The van der Waals surface area contributed by atoms with Crippen molar-refractivity contribution in [2.24, 2.45) is 0 Å². The maximum absolute atomic E-state index is 13.4. The van der Waals surface area contributed by atoms with E-state index in [9.17, 15) is 9.18 Å². The summed E-state index contributed by atoms with van der Waals surface area (Å²) in [5.74, 6) is -0.273. The summed E-state index contributed by atoms with van der Waals surface area (Å²) < 4.78 is 13.4. The van der Waals surface area contributed by atoms with Gasteiger partial charge in [-0.3, -0.25) is 4.79 Å². The number of carbonyl (C=O) groups excluding carboxylic acids is 1. The fourth-order valence-electron chi connectivity index (χ4n) is 2.81. The van der Waals surface area contributed by atoms with Gasteiger partial charge in [0.05, 0.1) is 24.0 Å². The number of hydrogen-bond donors (Lipinski definition) is 1. The molecule has 1 unspecified atom stereocenters. The standard InChI is InChI=1S/C13H16FN3O/c1-2-16-8-10-6-15-7-13(18)17(10)12-5-9(14)3-4-11(12)16/h3-5,10,15H,2,6-8H2,1H3. The summed E-state index contributed by atoms with van der Waals surface area (Å²) in [7, 11) is 0. The van der Waals surface area contributed by atoms with E-state index in [4.69, 9.17) is 0 Å². The van der Waals surface area contributed by atoms with E-state index < -0.39 is 0 Å². The summed E-state index contributed by atoms with van der Waals surface area (Å²) in [5.41, 5.74) is 1.66. The van der Waals surface area contributed by atoms with E-state index in [1.165, 1.54) is 12.1 Å². The second-order valence-electron chi connectivity index (χ2n) is 4.72. The lowest BCUT2D eigenvalue weighted by Gasteiger charge is -2.45. The number of rotatable bonds is 1. The van der Waals surface area contributed by atoms with Crippen molar-refractivity contribution in [3.05, 3.63) is 24.0 Å². The highest BCUT2D eigenvalue weighted by molar-refractivity contribution is 6.00. The molecule has 1 aromatic carbocycles. The number of likely N-dealkylation sites (N-methyl/N-ethyl adjacent to an activating group) is 1. The number of piperazine rings is 1. The quantitative estimate of drug-likeness (QED) is 0.805. The van der Waals surface area contributed by atoms with Gasteiger partial charge in [-0.1, -0.05) is 0 Å². The van der Waals surface area contributed by atoms with Crippen LogP contribution in [0.1, 0.15) is 6.92 Å². The van der Waals surface area contributed by atoms with E-state index in [0.717, 1.165) is 25.3 Å². The fraction of sp³-hybridized carbons (Fsp3) is 0.462. The number of nitrogens with zero attached hydrogens (tertiary/aromatic N) is 2. The van der Waals surface area contributed by atoms with Crippen molar-refractivity contribution in [1.29, 1.82) is 0 Å². The molecular weight excluding hydrogens is 233 g/mol. The Labute approximate surface area is 105 Å². The summed E-state index contributed by atoms with van der Waals surface area (Å²) >= 11 is 0. The molecule has 18 heavy (non-hydrogen) atoms. The van der Waals surface area contributed by atoms with Gasteiger partial charge in [-0.15, -0.1) is 0 Å². The van der Waals surface area contributed by atoms with Crippen molar-refractivity contribution in [1.82, 2.24) is 5.32 Å². The van der Waals surface area contributed by atoms with Crippen LogP contribution in [0.2, 0.25) is 0 Å². The topological polar surface area (TPSA) is 35.6 Å². The lowest BCUT2D eigenvalue weighted by atomic mass is 10.0. The van der Waals surface area contributed by atoms with Crippen LogP contribution in [0, 0.1) is 5.82 Å². The highest BCUT2D eigenvalue weighted by atomic mass is 19.1. The molecule has 1 amide bonds. The first-order valence-electron chi connectivity index (χ1n) is 6.28. The van der Waals surface area contributed by atoms with E-state index in [1.807, 2.05) is 0 Å². The van der Waals surface area contributed by atoms with Crippen LogP contribution >= 0.6 is 0 Å². The molecule has 1 saturated heterocycles. The molecule has 96 valence electrons. The molecule has 0 saturated carbocycles. The zero-order valence-electron chi connectivity index (χ0n) is 10.3. The number of carbonyl (C=O) groups is 1. The van der Waals surface area contributed by atoms with Crippen LogP contribution in [-0.4, -0.2) is 38.1 Å². The molecule has 0 aliphatic carbocycles. The fourth-order valence-corrected chi connectivity index (χ4v) is 2.81. The monoisotopic (exact) mass is 249 g/mol. The minimum atomic E-state index is -0.295. The Morgan fingerprint density at radius 1 is 1.44 bits per heavy atom. The van der Waals surface area contributed by atoms with Gasteiger partial charge in [0, 0.05) is 19.6 Å². The zero-order valence-corrected chi connectivity index (χ0v) is 10.3. The zero-order chi connectivity index (χ0) is 12.7. The van der Waals surface area contributed by atoms with Crippen molar-refractivity contribution in [3.8, 4) is 0 Å². The molecule has 1 fully saturated rings. The highest BCUT2D eigenvalue weighted by Crippen LogP contribution is 2.36. The molecule has 5 heteroatoms. The largest absolute Gasteiger partial charge is 0.368 e. The van der Waals surface area contributed by atoms with Crippen LogP contribution in [0.3, 0.4) is 0 Å². The Balaban J connectivity index is 2.10. The van der Waals surface area contributed by atoms with E-state index in [1.54, 1.807) is 11.0 Å². The first-order chi connectivity index (χ1) is 8.70. The molecule has 2 heterocycles. The van der Waals surface area contributed by atoms with Gasteiger partial charge >= 0.3 is 0 Å². The third-order valence-corrected chi connectivity index (χ3v) is 3.64. The number of benzene rings is 1.